The molecule has 1 aliphatic carbocycles. The Balaban J connectivity index is 1.91. The van der Waals surface area contributed by atoms with Crippen LogP contribution in [0.5, 0.6) is 0 Å². The molecule has 0 unspecified atom stereocenters. The maximum absolute atomic E-state index is 4.91. The third-order valence-corrected chi connectivity index (χ3v) is 4.78. The molecule has 120 valence electrons. The van der Waals surface area contributed by atoms with Gasteiger partial charge in [-0.25, -0.2) is 4.98 Å². The molecule has 0 radical (unpaired) electrons. The maximum atomic E-state index is 4.91. The van der Waals surface area contributed by atoms with Crippen molar-refractivity contribution in [3.63, 3.8) is 0 Å². The number of para-hydroxylation sites is 2. The van der Waals surface area contributed by atoms with E-state index in [1.807, 2.05) is 6.07 Å². The van der Waals surface area contributed by atoms with Crippen LogP contribution in [0.25, 0.3) is 28.1 Å². The van der Waals surface area contributed by atoms with Gasteiger partial charge in [0.1, 0.15) is 5.82 Å². The van der Waals surface area contributed by atoms with Crippen LogP contribution in [-0.2, 0) is 0 Å². The average Bonchev–Trinajstić information content (AvgIpc) is 3.02. The Bertz CT molecular complexity index is 927. The highest BCUT2D eigenvalue weighted by Gasteiger charge is 2.17. The molecule has 0 atom stereocenters. The Kier molecular flexibility index (Phi) is 3.81. The van der Waals surface area contributed by atoms with E-state index in [-0.39, 0.29) is 0 Å². The monoisotopic (exact) mass is 314 g/mol. The first-order valence-electron chi connectivity index (χ1n) is 8.67. The van der Waals surface area contributed by atoms with E-state index in [0.717, 1.165) is 29.7 Å². The second kappa shape index (κ2) is 6.12. The van der Waals surface area contributed by atoms with E-state index >= 15 is 0 Å². The van der Waals surface area contributed by atoms with E-state index in [0.29, 0.717) is 5.92 Å². The number of hydrogen-bond acceptors (Lipinski definition) is 1. The molecule has 0 fully saturated rings. The number of nitrogens with zero attached hydrogens (tertiary/aromatic N) is 2. The molecule has 2 aromatic carbocycles. The van der Waals surface area contributed by atoms with Gasteiger partial charge in [0.25, 0.3) is 0 Å². The lowest BCUT2D eigenvalue weighted by Crippen LogP contribution is -2.05. The lowest BCUT2D eigenvalue weighted by atomic mass is 9.93. The van der Waals surface area contributed by atoms with Crippen molar-refractivity contribution in [2.24, 2.45) is 5.92 Å². The first-order valence-corrected chi connectivity index (χ1v) is 8.67. The van der Waals surface area contributed by atoms with Crippen LogP contribution in [0.15, 0.2) is 72.3 Å². The number of aromatic nitrogens is 2. The lowest BCUT2D eigenvalue weighted by Gasteiger charge is -2.20. The molecule has 0 saturated carbocycles. The van der Waals surface area contributed by atoms with Crippen LogP contribution in [0.3, 0.4) is 0 Å². The minimum Gasteiger partial charge on any atom is -0.296 e. The van der Waals surface area contributed by atoms with E-state index in [2.05, 4.69) is 79.1 Å². The molecule has 0 bridgehead atoms. The fourth-order valence-corrected chi connectivity index (χ4v) is 3.41. The van der Waals surface area contributed by atoms with Crippen LogP contribution in [-0.4, -0.2) is 9.55 Å². The van der Waals surface area contributed by atoms with Crippen molar-refractivity contribution in [3.05, 3.63) is 72.3 Å². The summed E-state index contributed by atoms with van der Waals surface area (Å²) in [6.45, 7) is 4.54. The fourth-order valence-electron chi connectivity index (χ4n) is 3.41. The van der Waals surface area contributed by atoms with Crippen molar-refractivity contribution in [2.75, 3.05) is 0 Å². The largest absolute Gasteiger partial charge is 0.296 e. The molecule has 0 spiro atoms. The molecule has 1 aromatic heterocycles. The second-order valence-electron chi connectivity index (χ2n) is 6.68. The van der Waals surface area contributed by atoms with Gasteiger partial charge in [0, 0.05) is 11.3 Å². The van der Waals surface area contributed by atoms with Crippen molar-refractivity contribution >= 4 is 16.7 Å². The molecule has 0 saturated heterocycles. The van der Waals surface area contributed by atoms with Gasteiger partial charge in [-0.2, -0.15) is 0 Å². The number of rotatable bonds is 3. The molecular weight excluding hydrogens is 292 g/mol. The fraction of sp³-hybridized carbons (Fsp3) is 0.227. The number of hydrogen-bond donors (Lipinski definition) is 0. The highest BCUT2D eigenvalue weighted by Crippen LogP contribution is 2.33. The van der Waals surface area contributed by atoms with Crippen LogP contribution < -0.4 is 0 Å². The van der Waals surface area contributed by atoms with Crippen molar-refractivity contribution in [2.45, 2.75) is 26.7 Å². The van der Waals surface area contributed by atoms with Crippen molar-refractivity contribution in [3.8, 4) is 11.4 Å². The zero-order valence-corrected chi connectivity index (χ0v) is 14.2. The zero-order valence-electron chi connectivity index (χ0n) is 14.2. The highest BCUT2D eigenvalue weighted by molar-refractivity contribution is 5.85. The van der Waals surface area contributed by atoms with E-state index in [9.17, 15) is 0 Å². The first-order chi connectivity index (χ1) is 11.7. The summed E-state index contributed by atoms with van der Waals surface area (Å²) in [6, 6.07) is 18.9. The van der Waals surface area contributed by atoms with Gasteiger partial charge in [-0.05, 0) is 37.0 Å². The first kappa shape index (κ1) is 14.9. The van der Waals surface area contributed by atoms with Crippen LogP contribution in [0, 0.1) is 5.92 Å². The summed E-state index contributed by atoms with van der Waals surface area (Å²) in [4.78, 5) is 4.91. The number of allylic oxidation sites excluding steroid dienone is 4. The Morgan fingerprint density at radius 1 is 0.875 bits per heavy atom. The summed E-state index contributed by atoms with van der Waals surface area (Å²) in [6.07, 6.45) is 6.76. The van der Waals surface area contributed by atoms with Crippen LogP contribution >= 0.6 is 0 Å². The van der Waals surface area contributed by atoms with Gasteiger partial charge < -0.3 is 0 Å². The molecule has 0 N–H and O–H groups in total. The summed E-state index contributed by atoms with van der Waals surface area (Å²) >= 11 is 0. The predicted octanol–water partition coefficient (Wildman–Crippen LogP) is 5.92. The molecule has 2 heteroatoms. The molecular formula is C22H22N2. The average molecular weight is 314 g/mol. The van der Waals surface area contributed by atoms with Crippen LogP contribution in [0.4, 0.5) is 0 Å². The zero-order chi connectivity index (χ0) is 16.5. The quantitative estimate of drug-likeness (QED) is 0.586. The van der Waals surface area contributed by atoms with Crippen molar-refractivity contribution in [1.29, 1.82) is 0 Å². The normalized spacial score (nSPS) is 14.8. The summed E-state index contributed by atoms with van der Waals surface area (Å²) in [5, 5.41) is 0. The summed E-state index contributed by atoms with van der Waals surface area (Å²) in [7, 11) is 0. The van der Waals surface area contributed by atoms with Crippen molar-refractivity contribution < 1.29 is 0 Å². The molecule has 2 nitrogen and oxygen atoms in total. The van der Waals surface area contributed by atoms with Crippen molar-refractivity contribution in [1.82, 2.24) is 9.55 Å². The van der Waals surface area contributed by atoms with Gasteiger partial charge in [0.2, 0.25) is 0 Å². The van der Waals surface area contributed by atoms with Gasteiger partial charge in [0.05, 0.1) is 11.0 Å². The Labute approximate surface area is 143 Å². The second-order valence-corrected chi connectivity index (χ2v) is 6.68. The van der Waals surface area contributed by atoms with E-state index in [1.165, 1.54) is 16.8 Å². The SMILES string of the molecule is CC(C)C1=CC=C(n2c(-c3ccccc3)nc3ccccc32)CC1. The Hall–Kier alpha value is -2.61. The lowest BCUT2D eigenvalue weighted by molar-refractivity contribution is 0.707. The molecule has 0 aliphatic heterocycles. The molecule has 0 amide bonds. The summed E-state index contributed by atoms with van der Waals surface area (Å²) < 4.78 is 2.33. The summed E-state index contributed by atoms with van der Waals surface area (Å²) in [5.41, 5.74) is 6.25. The molecule has 1 aliphatic rings. The number of benzene rings is 2. The third-order valence-electron chi connectivity index (χ3n) is 4.78. The minimum atomic E-state index is 0.621. The highest BCUT2D eigenvalue weighted by atomic mass is 15.1. The Morgan fingerprint density at radius 2 is 1.62 bits per heavy atom. The van der Waals surface area contributed by atoms with Gasteiger partial charge in [-0.15, -0.1) is 0 Å². The third kappa shape index (κ3) is 2.58. The van der Waals surface area contributed by atoms with Crippen LogP contribution in [0.2, 0.25) is 0 Å². The molecule has 4 rings (SSSR count). The molecule has 24 heavy (non-hydrogen) atoms. The smallest absolute Gasteiger partial charge is 0.145 e. The van der Waals surface area contributed by atoms with Gasteiger partial charge in [0.15, 0.2) is 0 Å². The van der Waals surface area contributed by atoms with Crippen LogP contribution in [0.1, 0.15) is 26.7 Å². The van der Waals surface area contributed by atoms with E-state index in [4.69, 9.17) is 4.98 Å². The van der Waals surface area contributed by atoms with E-state index in [1.54, 1.807) is 0 Å². The molecule has 1 heterocycles. The topological polar surface area (TPSA) is 17.8 Å². The molecule has 3 aromatic rings. The van der Waals surface area contributed by atoms with Gasteiger partial charge in [-0.3, -0.25) is 4.57 Å². The van der Waals surface area contributed by atoms with E-state index < -0.39 is 0 Å². The van der Waals surface area contributed by atoms with Gasteiger partial charge in [-0.1, -0.05) is 68.0 Å². The predicted molar refractivity (Wildman–Crippen MR) is 102 cm³/mol. The maximum Gasteiger partial charge on any atom is 0.145 e. The number of fused-ring (bicyclic) bond motifs is 1. The summed E-state index contributed by atoms with van der Waals surface area (Å²) in [5.74, 6) is 1.65. The number of imidazole rings is 1. The van der Waals surface area contributed by atoms with Gasteiger partial charge >= 0.3 is 0 Å². The Morgan fingerprint density at radius 3 is 2.33 bits per heavy atom. The minimum absolute atomic E-state index is 0.621. The standard InChI is InChI=1S/C22H22N2/c1-16(2)17-12-14-19(15-13-17)24-21-11-7-6-10-20(21)23-22(24)18-8-4-3-5-9-18/h3-12,14,16H,13,15H2,1-2H3.